The van der Waals surface area contributed by atoms with Crippen molar-refractivity contribution in [3.63, 3.8) is 0 Å². The second-order valence-corrected chi connectivity index (χ2v) is 11.2. The lowest BCUT2D eigenvalue weighted by molar-refractivity contribution is -0.126. The lowest BCUT2D eigenvalue weighted by Gasteiger charge is -2.32. The molecule has 4 heterocycles. The standard InChI is InChI=1S/C30H35FN8O4/c1-19(2)24-15-37(30(43)23-7-3-9-26(35-23)38-17-33-34-18-38)16-27(40)32-12-4-6-20-10-11-22(31)21(14-20)29(42)39-13-5-8-25(39)28(41)36-24/h3,7,9-11,14,17-19,24-25H,4-6,8,12-13,15-16H2,1-2H3,(H,32,40)(H,36,41)/t24-,25-/m0/s1. The van der Waals surface area contributed by atoms with Crippen LogP contribution in [0.2, 0.25) is 0 Å². The van der Waals surface area contributed by atoms with E-state index < -0.39 is 29.7 Å². The topological polar surface area (TPSA) is 142 Å². The van der Waals surface area contributed by atoms with E-state index in [1.807, 2.05) is 13.8 Å². The number of nitrogens with zero attached hydrogens (tertiary/aromatic N) is 6. The third-order valence-electron chi connectivity index (χ3n) is 7.85. The normalized spacial score (nSPS) is 20.4. The number of benzene rings is 1. The number of amides is 4. The summed E-state index contributed by atoms with van der Waals surface area (Å²) in [7, 11) is 0. The molecule has 1 aromatic carbocycles. The van der Waals surface area contributed by atoms with Crippen LogP contribution in [0.15, 0.2) is 49.1 Å². The average Bonchev–Trinajstić information content (AvgIpc) is 3.71. The molecule has 43 heavy (non-hydrogen) atoms. The van der Waals surface area contributed by atoms with Crippen molar-refractivity contribution in [1.29, 1.82) is 0 Å². The van der Waals surface area contributed by atoms with Gasteiger partial charge in [0.25, 0.3) is 11.8 Å². The van der Waals surface area contributed by atoms with Gasteiger partial charge in [0.05, 0.1) is 12.1 Å². The van der Waals surface area contributed by atoms with Crippen LogP contribution >= 0.6 is 0 Å². The molecule has 2 N–H and O–H groups in total. The van der Waals surface area contributed by atoms with Gasteiger partial charge in [-0.15, -0.1) is 10.2 Å². The largest absolute Gasteiger partial charge is 0.355 e. The Hall–Kier alpha value is -4.68. The molecule has 3 aromatic rings. The third kappa shape index (κ3) is 6.87. The van der Waals surface area contributed by atoms with Crippen LogP contribution in [-0.2, 0) is 16.0 Å². The Balaban J connectivity index is 1.44. The fourth-order valence-electron chi connectivity index (χ4n) is 5.40. The maximum atomic E-state index is 14.8. The number of fused-ring (bicyclic) bond motifs is 3. The number of carbonyl (C=O) groups excluding carboxylic acids is 4. The molecule has 0 spiro atoms. The summed E-state index contributed by atoms with van der Waals surface area (Å²) in [6, 6.07) is 8.05. The maximum Gasteiger partial charge on any atom is 0.273 e. The molecule has 0 saturated carbocycles. The number of halogens is 1. The van der Waals surface area contributed by atoms with Gasteiger partial charge in [-0.3, -0.25) is 23.7 Å². The van der Waals surface area contributed by atoms with Gasteiger partial charge in [-0.05, 0) is 61.4 Å². The molecule has 1 saturated heterocycles. The molecule has 1 fully saturated rings. The molecule has 13 heteroatoms. The fraction of sp³-hybridized carbons (Fsp3) is 0.433. The van der Waals surface area contributed by atoms with Crippen molar-refractivity contribution in [3.05, 3.63) is 71.7 Å². The summed E-state index contributed by atoms with van der Waals surface area (Å²) < 4.78 is 16.3. The Labute approximate surface area is 248 Å². The van der Waals surface area contributed by atoms with Gasteiger partial charge in [-0.1, -0.05) is 26.0 Å². The Morgan fingerprint density at radius 3 is 2.63 bits per heavy atom. The van der Waals surface area contributed by atoms with Crippen molar-refractivity contribution in [2.24, 2.45) is 5.92 Å². The van der Waals surface area contributed by atoms with Gasteiger partial charge >= 0.3 is 0 Å². The first-order chi connectivity index (χ1) is 20.7. The highest BCUT2D eigenvalue weighted by Gasteiger charge is 2.37. The third-order valence-corrected chi connectivity index (χ3v) is 7.85. The molecule has 0 aliphatic carbocycles. The summed E-state index contributed by atoms with van der Waals surface area (Å²) in [5.41, 5.74) is 0.802. The first-order valence-corrected chi connectivity index (χ1v) is 14.5. The summed E-state index contributed by atoms with van der Waals surface area (Å²) in [4.78, 5) is 61.2. The van der Waals surface area contributed by atoms with Crippen LogP contribution in [-0.4, -0.2) is 91.4 Å². The summed E-state index contributed by atoms with van der Waals surface area (Å²) in [5.74, 6) is -2.07. The molecule has 0 unspecified atom stereocenters. The summed E-state index contributed by atoms with van der Waals surface area (Å²) in [6.45, 7) is 4.25. The smallest absolute Gasteiger partial charge is 0.273 e. The second kappa shape index (κ2) is 13.1. The lowest BCUT2D eigenvalue weighted by atomic mass is 10.0. The van der Waals surface area contributed by atoms with Gasteiger partial charge in [-0.2, -0.15) is 0 Å². The van der Waals surface area contributed by atoms with Gasteiger partial charge in [0, 0.05) is 25.7 Å². The van der Waals surface area contributed by atoms with E-state index in [-0.39, 0.29) is 42.1 Å². The van der Waals surface area contributed by atoms with Gasteiger partial charge in [0.1, 0.15) is 36.0 Å². The van der Waals surface area contributed by atoms with Crippen LogP contribution in [0.1, 0.15) is 59.5 Å². The predicted molar refractivity (Wildman–Crippen MR) is 154 cm³/mol. The molecule has 2 aliphatic heterocycles. The van der Waals surface area contributed by atoms with E-state index in [9.17, 15) is 23.6 Å². The molecule has 4 amide bonds. The maximum absolute atomic E-state index is 14.8. The van der Waals surface area contributed by atoms with Crippen LogP contribution in [0.4, 0.5) is 4.39 Å². The molecule has 5 rings (SSSR count). The first-order valence-electron chi connectivity index (χ1n) is 14.5. The van der Waals surface area contributed by atoms with Crippen LogP contribution in [0.25, 0.3) is 5.82 Å². The van der Waals surface area contributed by atoms with Crippen molar-refractivity contribution in [3.8, 4) is 5.82 Å². The van der Waals surface area contributed by atoms with Crippen LogP contribution in [0, 0.1) is 11.7 Å². The highest BCUT2D eigenvalue weighted by Crippen LogP contribution is 2.23. The zero-order valence-corrected chi connectivity index (χ0v) is 24.2. The van der Waals surface area contributed by atoms with E-state index in [1.54, 1.807) is 28.8 Å². The zero-order valence-electron chi connectivity index (χ0n) is 24.2. The predicted octanol–water partition coefficient (Wildman–Crippen LogP) is 1.75. The van der Waals surface area contributed by atoms with E-state index in [4.69, 9.17) is 0 Å². The Bertz CT molecular complexity index is 1500. The van der Waals surface area contributed by atoms with Crippen LogP contribution in [0.3, 0.4) is 0 Å². The molecular weight excluding hydrogens is 555 g/mol. The molecule has 12 nitrogen and oxygen atoms in total. The van der Waals surface area contributed by atoms with Gasteiger partial charge in [-0.25, -0.2) is 9.37 Å². The lowest BCUT2D eigenvalue weighted by Crippen LogP contribution is -2.55. The van der Waals surface area contributed by atoms with E-state index in [0.717, 1.165) is 5.56 Å². The number of carbonyl (C=O) groups is 4. The molecular formula is C30H35FN8O4. The molecule has 226 valence electrons. The molecule has 2 aliphatic rings. The molecule has 2 bridgehead atoms. The first kappa shape index (κ1) is 29.8. The number of aryl methyl sites for hydroxylation is 1. The van der Waals surface area contributed by atoms with E-state index in [1.165, 1.54) is 34.6 Å². The van der Waals surface area contributed by atoms with Crippen molar-refractivity contribution >= 4 is 23.6 Å². The monoisotopic (exact) mass is 590 g/mol. The van der Waals surface area contributed by atoms with Crippen molar-refractivity contribution in [2.45, 2.75) is 51.6 Å². The molecule has 2 aromatic heterocycles. The number of hydrogen-bond acceptors (Lipinski definition) is 7. The van der Waals surface area contributed by atoms with Gasteiger partial charge in [0.15, 0.2) is 0 Å². The summed E-state index contributed by atoms with van der Waals surface area (Å²) in [6.07, 6.45) is 5.02. The number of hydrogen-bond donors (Lipinski definition) is 2. The molecule has 0 radical (unpaired) electrons. The minimum Gasteiger partial charge on any atom is -0.355 e. The summed E-state index contributed by atoms with van der Waals surface area (Å²) in [5, 5.41) is 13.4. The van der Waals surface area contributed by atoms with Crippen LogP contribution in [0.5, 0.6) is 0 Å². The van der Waals surface area contributed by atoms with E-state index >= 15 is 0 Å². The van der Waals surface area contributed by atoms with E-state index in [2.05, 4.69) is 25.8 Å². The SMILES string of the molecule is CC(C)[C@@H]1CN(C(=O)c2cccc(-n3cnnc3)n2)CC(=O)NCCCc2ccc(F)c(c2)C(=O)N2CCC[C@H]2C(=O)N1. The van der Waals surface area contributed by atoms with Gasteiger partial charge < -0.3 is 20.4 Å². The highest BCUT2D eigenvalue weighted by molar-refractivity contribution is 5.98. The fourth-order valence-corrected chi connectivity index (χ4v) is 5.40. The Morgan fingerprint density at radius 1 is 1.07 bits per heavy atom. The quantitative estimate of drug-likeness (QED) is 0.473. The minimum atomic E-state index is -0.776. The minimum absolute atomic E-state index is 0.0320. The zero-order chi connectivity index (χ0) is 30.5. The highest BCUT2D eigenvalue weighted by atomic mass is 19.1. The number of rotatable bonds is 3. The summed E-state index contributed by atoms with van der Waals surface area (Å²) >= 11 is 0. The van der Waals surface area contributed by atoms with E-state index in [0.29, 0.717) is 44.6 Å². The number of pyridine rings is 1. The Morgan fingerprint density at radius 2 is 1.86 bits per heavy atom. The Kier molecular flexibility index (Phi) is 9.07. The van der Waals surface area contributed by atoms with Crippen LogP contribution < -0.4 is 10.6 Å². The van der Waals surface area contributed by atoms with Crippen molar-refractivity contribution in [2.75, 3.05) is 26.2 Å². The van der Waals surface area contributed by atoms with Crippen molar-refractivity contribution in [1.82, 2.24) is 40.2 Å². The average molecular weight is 591 g/mol. The van der Waals surface area contributed by atoms with Crippen molar-refractivity contribution < 1.29 is 23.6 Å². The molecule has 2 atom stereocenters. The number of aromatic nitrogens is 4. The van der Waals surface area contributed by atoms with Gasteiger partial charge in [0.2, 0.25) is 11.8 Å². The number of nitrogens with one attached hydrogen (secondary N) is 2. The second-order valence-electron chi connectivity index (χ2n) is 11.2.